The van der Waals surface area contributed by atoms with Crippen LogP contribution in [0.3, 0.4) is 0 Å². The molecular weight excluding hydrogens is 148 g/mol. The fourth-order valence-corrected chi connectivity index (χ4v) is 1.08. The Balaban J connectivity index is 3.37. The maximum absolute atomic E-state index is 10.7. The van der Waals surface area contributed by atoms with Gasteiger partial charge >= 0.3 is 9.28 Å². The molecule has 0 radical (unpaired) electrons. The fraction of sp³-hybridized carbons (Fsp3) is 0.833. The molecule has 0 amide bonds. The Kier molecular flexibility index (Phi) is 5.24. The van der Waals surface area contributed by atoms with E-state index in [4.69, 9.17) is 8.85 Å². The highest BCUT2D eigenvalue weighted by molar-refractivity contribution is 6.44. The van der Waals surface area contributed by atoms with Gasteiger partial charge in [-0.1, -0.05) is 6.92 Å². The van der Waals surface area contributed by atoms with Gasteiger partial charge in [0.25, 0.3) is 5.97 Å². The van der Waals surface area contributed by atoms with Crippen molar-refractivity contribution in [2.24, 2.45) is 0 Å². The third kappa shape index (κ3) is 4.52. The highest BCUT2D eigenvalue weighted by atomic mass is 28.3. The summed E-state index contributed by atoms with van der Waals surface area (Å²) in [5, 5.41) is 0. The summed E-state index contributed by atoms with van der Waals surface area (Å²) >= 11 is 0. The van der Waals surface area contributed by atoms with E-state index in [1.54, 1.807) is 7.11 Å². The maximum atomic E-state index is 10.7. The van der Waals surface area contributed by atoms with E-state index in [0.717, 1.165) is 6.42 Å². The zero-order valence-corrected chi connectivity index (χ0v) is 7.87. The zero-order chi connectivity index (χ0) is 7.98. The number of carbonyl (C=O) groups is 1. The van der Waals surface area contributed by atoms with E-state index in [1.807, 2.05) is 13.5 Å². The summed E-state index contributed by atoms with van der Waals surface area (Å²) < 4.78 is 9.78. The Morgan fingerprint density at radius 3 is 2.60 bits per heavy atom. The quantitative estimate of drug-likeness (QED) is 0.574. The van der Waals surface area contributed by atoms with Crippen LogP contribution in [0.15, 0.2) is 0 Å². The molecule has 3 nitrogen and oxygen atoms in total. The summed E-state index contributed by atoms with van der Waals surface area (Å²) in [6, 6.07) is 0. The molecule has 0 aliphatic carbocycles. The Morgan fingerprint density at radius 1 is 1.60 bits per heavy atom. The van der Waals surface area contributed by atoms with Crippen LogP contribution in [-0.2, 0) is 13.6 Å². The van der Waals surface area contributed by atoms with E-state index < -0.39 is 9.28 Å². The Labute approximate surface area is 63.2 Å². The molecule has 0 N–H and O–H groups in total. The first-order valence-corrected chi connectivity index (χ1v) is 5.52. The second-order valence-electron chi connectivity index (χ2n) is 2.04. The molecule has 0 aromatic rings. The highest BCUT2D eigenvalue weighted by Gasteiger charge is 2.08. The topological polar surface area (TPSA) is 35.5 Å². The molecule has 60 valence electrons. The van der Waals surface area contributed by atoms with Crippen LogP contribution >= 0.6 is 0 Å². The van der Waals surface area contributed by atoms with Gasteiger partial charge in [-0.25, -0.2) is 0 Å². The molecule has 0 aliphatic rings. The molecule has 0 saturated carbocycles. The predicted molar refractivity (Wildman–Crippen MR) is 41.0 cm³/mol. The summed E-state index contributed by atoms with van der Waals surface area (Å²) in [6.07, 6.45) is 1.34. The zero-order valence-electron chi connectivity index (χ0n) is 6.72. The van der Waals surface area contributed by atoms with Crippen molar-refractivity contribution in [2.45, 2.75) is 26.3 Å². The van der Waals surface area contributed by atoms with Gasteiger partial charge in [-0.15, -0.1) is 0 Å². The second-order valence-corrected chi connectivity index (χ2v) is 3.89. The first-order valence-electron chi connectivity index (χ1n) is 3.43. The monoisotopic (exact) mass is 162 g/mol. The van der Waals surface area contributed by atoms with Crippen LogP contribution in [-0.4, -0.2) is 22.4 Å². The average molecular weight is 162 g/mol. The summed E-state index contributed by atoms with van der Waals surface area (Å²) in [7, 11) is -0.0547. The molecule has 0 aromatic carbocycles. The normalized spacial score (nSPS) is 12.7. The molecule has 0 aliphatic heterocycles. The third-order valence-electron chi connectivity index (χ3n) is 1.08. The van der Waals surface area contributed by atoms with Gasteiger partial charge in [0, 0.05) is 13.5 Å². The maximum Gasteiger partial charge on any atom is 0.381 e. The van der Waals surface area contributed by atoms with Crippen molar-refractivity contribution in [2.75, 3.05) is 7.11 Å². The smallest absolute Gasteiger partial charge is 0.381 e. The molecule has 1 atom stereocenters. The lowest BCUT2D eigenvalue weighted by atomic mass is 10.4. The lowest BCUT2D eigenvalue weighted by Crippen LogP contribution is -2.20. The van der Waals surface area contributed by atoms with Crippen molar-refractivity contribution >= 4 is 15.3 Å². The largest absolute Gasteiger partial charge is 0.497 e. The summed E-state index contributed by atoms with van der Waals surface area (Å²) in [4.78, 5) is 10.7. The Morgan fingerprint density at radius 2 is 2.20 bits per heavy atom. The minimum atomic E-state index is -1.62. The molecule has 0 rings (SSSR count). The average Bonchev–Trinajstić information content (AvgIpc) is 1.88. The molecular formula is C6H14O3Si. The van der Waals surface area contributed by atoms with Gasteiger partial charge in [0.2, 0.25) is 0 Å². The molecule has 0 heterocycles. The van der Waals surface area contributed by atoms with E-state index in [2.05, 4.69) is 0 Å². The van der Waals surface area contributed by atoms with Crippen molar-refractivity contribution in [3.05, 3.63) is 0 Å². The lowest BCUT2D eigenvalue weighted by molar-refractivity contribution is -0.135. The summed E-state index contributed by atoms with van der Waals surface area (Å²) in [5.41, 5.74) is 0. The standard InChI is InChI=1S/C6H14O3Si/c1-4-5-6(7)9-10(3)8-2/h10H,4-5H2,1-3H3. The van der Waals surface area contributed by atoms with Crippen LogP contribution in [0.4, 0.5) is 0 Å². The van der Waals surface area contributed by atoms with Crippen molar-refractivity contribution in [1.29, 1.82) is 0 Å². The molecule has 0 aromatic heterocycles. The molecule has 0 bridgehead atoms. The minimum Gasteiger partial charge on any atom is -0.497 e. The molecule has 1 unspecified atom stereocenters. The van der Waals surface area contributed by atoms with Crippen molar-refractivity contribution < 1.29 is 13.6 Å². The number of hydrogen-bond acceptors (Lipinski definition) is 3. The van der Waals surface area contributed by atoms with E-state index in [1.165, 1.54) is 0 Å². The number of hydrogen-bond donors (Lipinski definition) is 0. The van der Waals surface area contributed by atoms with Gasteiger partial charge in [-0.05, 0) is 13.0 Å². The van der Waals surface area contributed by atoms with E-state index >= 15 is 0 Å². The van der Waals surface area contributed by atoms with Crippen LogP contribution in [0.2, 0.25) is 6.55 Å². The third-order valence-corrected chi connectivity index (χ3v) is 2.34. The lowest BCUT2D eigenvalue weighted by Gasteiger charge is -2.08. The fourth-order valence-electron chi connectivity index (χ4n) is 0.496. The van der Waals surface area contributed by atoms with Gasteiger partial charge in [-0.3, -0.25) is 4.79 Å². The minimum absolute atomic E-state index is 0.136. The van der Waals surface area contributed by atoms with Crippen LogP contribution in [0, 0.1) is 0 Å². The highest BCUT2D eigenvalue weighted by Crippen LogP contribution is 1.94. The van der Waals surface area contributed by atoms with Crippen molar-refractivity contribution in [1.82, 2.24) is 0 Å². The van der Waals surface area contributed by atoms with E-state index in [9.17, 15) is 4.79 Å². The van der Waals surface area contributed by atoms with Crippen LogP contribution < -0.4 is 0 Å². The molecule has 0 fully saturated rings. The first kappa shape index (κ1) is 9.65. The molecule has 0 spiro atoms. The second kappa shape index (κ2) is 5.43. The van der Waals surface area contributed by atoms with Gasteiger partial charge in [0.15, 0.2) is 0 Å². The van der Waals surface area contributed by atoms with Gasteiger partial charge in [0.1, 0.15) is 0 Å². The van der Waals surface area contributed by atoms with E-state index in [0.29, 0.717) is 6.42 Å². The van der Waals surface area contributed by atoms with E-state index in [-0.39, 0.29) is 5.97 Å². The van der Waals surface area contributed by atoms with Crippen LogP contribution in [0.25, 0.3) is 0 Å². The summed E-state index contributed by atoms with van der Waals surface area (Å²) in [6.45, 7) is 3.77. The summed E-state index contributed by atoms with van der Waals surface area (Å²) in [5.74, 6) is -0.136. The van der Waals surface area contributed by atoms with Crippen molar-refractivity contribution in [3.8, 4) is 0 Å². The van der Waals surface area contributed by atoms with Gasteiger partial charge < -0.3 is 8.85 Å². The van der Waals surface area contributed by atoms with Crippen LogP contribution in [0.5, 0.6) is 0 Å². The SMILES string of the molecule is CCCC(=O)O[SiH](C)OC. The number of carbonyl (C=O) groups excluding carboxylic acids is 1. The molecule has 4 heteroatoms. The number of rotatable bonds is 4. The molecule has 0 saturated heterocycles. The molecule has 10 heavy (non-hydrogen) atoms. The first-order chi connectivity index (χ1) is 4.70. The van der Waals surface area contributed by atoms with Crippen molar-refractivity contribution in [3.63, 3.8) is 0 Å². The predicted octanol–water partition coefficient (Wildman–Crippen LogP) is 0.826. The Hall–Kier alpha value is -0.353. The van der Waals surface area contributed by atoms with Crippen LogP contribution in [0.1, 0.15) is 19.8 Å². The van der Waals surface area contributed by atoms with Gasteiger partial charge in [0.05, 0.1) is 0 Å². The van der Waals surface area contributed by atoms with Gasteiger partial charge in [-0.2, -0.15) is 0 Å². The Bertz CT molecular complexity index is 105.